The number of hydrogen-bond donors (Lipinski definition) is 2. The molecule has 0 rings (SSSR count). The van der Waals surface area contributed by atoms with Crippen molar-refractivity contribution in [2.24, 2.45) is 5.73 Å². The summed E-state index contributed by atoms with van der Waals surface area (Å²) in [5.74, 6) is 0. The lowest BCUT2D eigenvalue weighted by Gasteiger charge is -1.93. The van der Waals surface area contributed by atoms with Gasteiger partial charge in [0.05, 0.1) is 6.67 Å². The number of nitrogens with zero attached hydrogens (tertiary/aromatic N) is 1. The normalized spacial score (nSPS) is 9.60. The van der Waals surface area contributed by atoms with E-state index in [1.807, 2.05) is 0 Å². The van der Waals surface area contributed by atoms with Crippen LogP contribution >= 0.6 is 24.6 Å². The van der Waals surface area contributed by atoms with E-state index in [1.54, 1.807) is 0 Å². The van der Waals surface area contributed by atoms with E-state index < -0.39 is 0 Å². The lowest BCUT2D eigenvalue weighted by molar-refractivity contribution is 0.751. The zero-order valence-electron chi connectivity index (χ0n) is 2.56. The summed E-state index contributed by atoms with van der Waals surface area (Å²) in [6, 6.07) is 0. The number of halogens is 1. The third kappa shape index (κ3) is 4.56. The molecule has 0 saturated carbocycles. The molecule has 0 unspecified atom stereocenters. The molecule has 2 nitrogen and oxygen atoms in total. The van der Waals surface area contributed by atoms with Crippen molar-refractivity contribution >= 4 is 24.6 Å². The van der Waals surface area contributed by atoms with E-state index in [9.17, 15) is 0 Å². The average molecular weight is 113 g/mol. The fourth-order valence-corrected chi connectivity index (χ4v) is 0. The third-order valence-electron chi connectivity index (χ3n) is 0.151. The van der Waals surface area contributed by atoms with Crippen LogP contribution in [0.5, 0.6) is 0 Å². The molecular formula is CH5ClN2S. The van der Waals surface area contributed by atoms with E-state index in [-0.39, 0.29) is 6.67 Å². The molecule has 0 fully saturated rings. The molecule has 5 heavy (non-hydrogen) atoms. The lowest BCUT2D eigenvalue weighted by atomic mass is 11.3. The minimum atomic E-state index is 0.269. The molecule has 0 aliphatic rings. The molecule has 0 amide bonds. The molecule has 0 atom stereocenters. The fourth-order valence-electron chi connectivity index (χ4n) is 0. The first-order chi connectivity index (χ1) is 2.27. The quantitative estimate of drug-likeness (QED) is 0.288. The highest BCUT2D eigenvalue weighted by Gasteiger charge is 1.77. The van der Waals surface area contributed by atoms with Crippen molar-refractivity contribution in [3.63, 3.8) is 0 Å². The van der Waals surface area contributed by atoms with Crippen molar-refractivity contribution in [1.29, 1.82) is 0 Å². The largest absolute Gasteiger partial charge is 0.317 e. The van der Waals surface area contributed by atoms with Crippen LogP contribution in [-0.4, -0.2) is 10.5 Å². The van der Waals surface area contributed by atoms with Gasteiger partial charge in [-0.15, -0.1) is 0 Å². The Morgan fingerprint density at radius 2 is 2.20 bits per heavy atom. The van der Waals surface area contributed by atoms with Gasteiger partial charge in [-0.2, -0.15) is 3.82 Å². The smallest absolute Gasteiger partial charge is 0.0716 e. The monoisotopic (exact) mass is 112 g/mol. The van der Waals surface area contributed by atoms with Crippen molar-refractivity contribution < 1.29 is 0 Å². The van der Waals surface area contributed by atoms with E-state index in [1.165, 1.54) is 0 Å². The predicted molar refractivity (Wildman–Crippen MR) is 25.7 cm³/mol. The van der Waals surface area contributed by atoms with Gasteiger partial charge in [-0.25, -0.2) is 0 Å². The second-order valence-electron chi connectivity index (χ2n) is 0.519. The first-order valence-electron chi connectivity index (χ1n) is 1.09. The fraction of sp³-hybridized carbons (Fsp3) is 1.00. The third-order valence-corrected chi connectivity index (χ3v) is 0.452. The predicted octanol–water partition coefficient (Wildman–Crippen LogP) is 0.203. The van der Waals surface area contributed by atoms with E-state index in [4.69, 9.17) is 17.5 Å². The molecule has 0 aromatic heterocycles. The van der Waals surface area contributed by atoms with E-state index in [0.29, 0.717) is 0 Å². The summed E-state index contributed by atoms with van der Waals surface area (Å²) in [7, 11) is 0. The van der Waals surface area contributed by atoms with Crippen LogP contribution in [0.1, 0.15) is 0 Å². The Hall–Kier alpha value is 0.560. The average Bonchev–Trinajstić information content (AvgIpc) is 1.38. The van der Waals surface area contributed by atoms with Crippen molar-refractivity contribution in [1.82, 2.24) is 3.82 Å². The summed E-state index contributed by atoms with van der Waals surface area (Å²) in [5, 5.41) is 0. The maximum absolute atomic E-state index is 5.03. The van der Waals surface area contributed by atoms with Gasteiger partial charge >= 0.3 is 0 Å². The first kappa shape index (κ1) is 5.56. The van der Waals surface area contributed by atoms with Gasteiger partial charge in [0.25, 0.3) is 0 Å². The summed E-state index contributed by atoms with van der Waals surface area (Å²) >= 11 is 8.61. The number of rotatable bonds is 1. The number of thiol groups is 1. The topological polar surface area (TPSA) is 29.3 Å². The van der Waals surface area contributed by atoms with Crippen LogP contribution in [0.3, 0.4) is 0 Å². The van der Waals surface area contributed by atoms with Crippen LogP contribution in [0.4, 0.5) is 0 Å². The number of hydrogen-bond acceptors (Lipinski definition) is 3. The zero-order valence-corrected chi connectivity index (χ0v) is 4.21. The van der Waals surface area contributed by atoms with Gasteiger partial charge in [-0.1, -0.05) is 12.8 Å². The first-order valence-corrected chi connectivity index (χ1v) is 1.83. The van der Waals surface area contributed by atoms with Crippen LogP contribution in [0.15, 0.2) is 0 Å². The molecule has 0 saturated heterocycles. The molecule has 0 radical (unpaired) electrons. The van der Waals surface area contributed by atoms with Gasteiger partial charge in [0.15, 0.2) is 0 Å². The summed E-state index contributed by atoms with van der Waals surface area (Å²) in [6.45, 7) is 0.269. The Balaban J connectivity index is 2.54. The molecule has 2 N–H and O–H groups in total. The van der Waals surface area contributed by atoms with Crippen LogP contribution in [0.2, 0.25) is 0 Å². The Labute approximate surface area is 41.5 Å². The van der Waals surface area contributed by atoms with Crippen molar-refractivity contribution in [3.8, 4) is 0 Å². The highest BCUT2D eigenvalue weighted by Crippen LogP contribution is 1.89. The van der Waals surface area contributed by atoms with Crippen LogP contribution in [0.25, 0.3) is 0 Å². The Morgan fingerprint density at radius 3 is 2.20 bits per heavy atom. The van der Waals surface area contributed by atoms with Crippen LogP contribution in [-0.2, 0) is 0 Å². The van der Waals surface area contributed by atoms with Crippen LogP contribution < -0.4 is 5.73 Å². The minimum absolute atomic E-state index is 0.269. The molecule has 0 heterocycles. The molecule has 0 aliphatic heterocycles. The molecular weight excluding hydrogens is 108 g/mol. The van der Waals surface area contributed by atoms with Gasteiger partial charge in [0.2, 0.25) is 0 Å². The van der Waals surface area contributed by atoms with E-state index in [0.717, 1.165) is 3.82 Å². The zero-order chi connectivity index (χ0) is 4.28. The van der Waals surface area contributed by atoms with E-state index in [2.05, 4.69) is 12.8 Å². The van der Waals surface area contributed by atoms with Gasteiger partial charge in [0, 0.05) is 0 Å². The standard InChI is InChI=1S/CH5ClN2S/c2-4(5)1-3/h5H,1,3H2. The number of nitrogens with two attached hydrogens (primary N) is 1. The second-order valence-corrected chi connectivity index (χ2v) is 1.65. The highest BCUT2D eigenvalue weighted by molar-refractivity contribution is 7.78. The summed E-state index contributed by atoms with van der Waals surface area (Å²) in [4.78, 5) is 0. The molecule has 0 aliphatic carbocycles. The Morgan fingerprint density at radius 1 is 2.00 bits per heavy atom. The van der Waals surface area contributed by atoms with Gasteiger partial charge in [0.1, 0.15) is 0 Å². The second kappa shape index (κ2) is 2.78. The van der Waals surface area contributed by atoms with Crippen LogP contribution in [0, 0.1) is 0 Å². The van der Waals surface area contributed by atoms with Crippen molar-refractivity contribution in [2.45, 2.75) is 0 Å². The molecule has 0 spiro atoms. The van der Waals surface area contributed by atoms with Gasteiger partial charge in [-0.05, 0) is 11.8 Å². The van der Waals surface area contributed by atoms with Crippen molar-refractivity contribution in [2.75, 3.05) is 6.67 Å². The van der Waals surface area contributed by atoms with Gasteiger partial charge < -0.3 is 5.73 Å². The summed E-state index contributed by atoms with van der Waals surface area (Å²) < 4.78 is 1.07. The Kier molecular flexibility index (Phi) is 3.09. The lowest BCUT2D eigenvalue weighted by Crippen LogP contribution is -2.09. The minimum Gasteiger partial charge on any atom is -0.317 e. The SMILES string of the molecule is NCN(S)Cl. The molecule has 0 aromatic rings. The summed E-state index contributed by atoms with van der Waals surface area (Å²) in [5.41, 5.74) is 4.89. The van der Waals surface area contributed by atoms with Gasteiger partial charge in [-0.3, -0.25) is 0 Å². The summed E-state index contributed by atoms with van der Waals surface area (Å²) in [6.07, 6.45) is 0. The highest BCUT2D eigenvalue weighted by atomic mass is 35.5. The van der Waals surface area contributed by atoms with Crippen molar-refractivity contribution in [3.05, 3.63) is 0 Å². The molecule has 0 bridgehead atoms. The van der Waals surface area contributed by atoms with E-state index >= 15 is 0 Å². The maximum atomic E-state index is 5.03. The molecule has 4 heteroatoms. The Bertz CT molecular complexity index is 23.6. The maximum Gasteiger partial charge on any atom is 0.0716 e. The molecule has 0 aromatic carbocycles. The molecule has 32 valence electrons.